The average molecular weight is 347 g/mol. The quantitative estimate of drug-likeness (QED) is 0.714. The van der Waals surface area contributed by atoms with Gasteiger partial charge in [-0.3, -0.25) is 0 Å². The summed E-state index contributed by atoms with van der Waals surface area (Å²) in [5, 5.41) is 3.43. The first-order chi connectivity index (χ1) is 11.7. The van der Waals surface area contributed by atoms with Crippen LogP contribution in [0.1, 0.15) is 47.3 Å². The molecule has 130 valence electrons. The van der Waals surface area contributed by atoms with Crippen LogP contribution in [0.3, 0.4) is 0 Å². The lowest BCUT2D eigenvalue weighted by Crippen LogP contribution is -2.35. The molecule has 1 fully saturated rings. The molecular formula is C17H25N5OS. The highest BCUT2D eigenvalue weighted by Crippen LogP contribution is 2.35. The van der Waals surface area contributed by atoms with Crippen molar-refractivity contribution in [3.8, 4) is 0 Å². The van der Waals surface area contributed by atoms with Crippen LogP contribution >= 0.6 is 11.3 Å². The molecule has 0 radical (unpaired) electrons. The van der Waals surface area contributed by atoms with Crippen molar-refractivity contribution in [2.75, 3.05) is 19.0 Å². The molecule has 3 N–H and O–H groups in total. The van der Waals surface area contributed by atoms with Gasteiger partial charge in [0.15, 0.2) is 5.82 Å². The molecule has 0 amide bonds. The van der Waals surface area contributed by atoms with Crippen LogP contribution in [0.5, 0.6) is 0 Å². The van der Waals surface area contributed by atoms with Crippen LogP contribution in [0, 0.1) is 6.92 Å². The van der Waals surface area contributed by atoms with Crippen LogP contribution in [-0.2, 0) is 17.8 Å². The maximum absolute atomic E-state index is 5.91. The highest BCUT2D eigenvalue weighted by molar-refractivity contribution is 7.09. The molecule has 1 aliphatic rings. The van der Waals surface area contributed by atoms with Crippen molar-refractivity contribution in [2.45, 2.75) is 51.2 Å². The largest absolute Gasteiger partial charge is 0.377 e. The Bertz CT molecular complexity index is 669. The molecule has 6 nitrogen and oxygen atoms in total. The van der Waals surface area contributed by atoms with Crippen LogP contribution in [0.15, 0.2) is 11.6 Å². The number of anilines is 1. The Balaban J connectivity index is 1.58. The zero-order chi connectivity index (χ0) is 16.9. The second-order valence-electron chi connectivity index (χ2n) is 6.35. The monoisotopic (exact) mass is 347 g/mol. The van der Waals surface area contributed by atoms with E-state index < -0.39 is 0 Å². The molecule has 7 heteroatoms. The minimum Gasteiger partial charge on any atom is -0.377 e. The third-order valence-electron chi connectivity index (χ3n) is 4.39. The summed E-state index contributed by atoms with van der Waals surface area (Å²) >= 11 is 1.73. The van der Waals surface area contributed by atoms with E-state index >= 15 is 0 Å². The minimum absolute atomic E-state index is 0.315. The summed E-state index contributed by atoms with van der Waals surface area (Å²) in [6.45, 7) is 3.38. The molecule has 3 rings (SSSR count). The lowest BCUT2D eigenvalue weighted by Gasteiger charge is -2.32. The predicted molar refractivity (Wildman–Crippen MR) is 96.4 cm³/mol. The lowest BCUT2D eigenvalue weighted by molar-refractivity contribution is 0.177. The first-order valence-corrected chi connectivity index (χ1v) is 9.29. The van der Waals surface area contributed by atoms with Crippen LogP contribution in [0.2, 0.25) is 0 Å². The van der Waals surface area contributed by atoms with Crippen molar-refractivity contribution in [2.24, 2.45) is 5.73 Å². The van der Waals surface area contributed by atoms with E-state index in [-0.39, 0.29) is 0 Å². The zero-order valence-corrected chi connectivity index (χ0v) is 15.1. The summed E-state index contributed by atoms with van der Waals surface area (Å²) in [7, 11) is 1.67. The van der Waals surface area contributed by atoms with E-state index in [1.54, 1.807) is 18.4 Å². The minimum atomic E-state index is 0.315. The van der Waals surface area contributed by atoms with Gasteiger partial charge in [-0.25, -0.2) is 15.0 Å². The number of aryl methyl sites for hydroxylation is 2. The Morgan fingerprint density at radius 1 is 1.38 bits per heavy atom. The molecule has 24 heavy (non-hydrogen) atoms. The second kappa shape index (κ2) is 8.00. The Labute approximate surface area is 146 Å². The standard InChI is InChI=1S/C17H25N5OS/c1-11-15(24-10-20-11)4-3-5-19-16-8-14(12-6-13(18)7-12)21-17(22-16)9-23-2/h8,10,12-13H,3-7,9,18H2,1-2H3,(H,19,21,22). The van der Waals surface area contributed by atoms with Crippen molar-refractivity contribution in [3.05, 3.63) is 33.7 Å². The van der Waals surface area contributed by atoms with Crippen LogP contribution in [0.25, 0.3) is 0 Å². The van der Waals surface area contributed by atoms with Gasteiger partial charge in [-0.05, 0) is 32.6 Å². The van der Waals surface area contributed by atoms with Gasteiger partial charge in [-0.1, -0.05) is 0 Å². The number of nitrogens with two attached hydrogens (primary N) is 1. The number of hydrogen-bond donors (Lipinski definition) is 2. The van der Waals surface area contributed by atoms with Gasteiger partial charge in [-0.2, -0.15) is 0 Å². The fourth-order valence-electron chi connectivity index (χ4n) is 2.95. The topological polar surface area (TPSA) is 86.0 Å². The first kappa shape index (κ1) is 17.3. The van der Waals surface area contributed by atoms with Crippen molar-refractivity contribution in [3.63, 3.8) is 0 Å². The van der Waals surface area contributed by atoms with Crippen LogP contribution < -0.4 is 11.1 Å². The Morgan fingerprint density at radius 2 is 2.21 bits per heavy atom. The normalized spacial score (nSPS) is 20.0. The third-order valence-corrected chi connectivity index (χ3v) is 5.38. The average Bonchev–Trinajstić information content (AvgIpc) is 2.94. The number of nitrogens with one attached hydrogen (secondary N) is 1. The number of ether oxygens (including phenoxy) is 1. The van der Waals surface area contributed by atoms with E-state index in [4.69, 9.17) is 10.5 Å². The third kappa shape index (κ3) is 4.28. The summed E-state index contributed by atoms with van der Waals surface area (Å²) in [6, 6.07) is 2.38. The molecule has 2 aromatic rings. The van der Waals surface area contributed by atoms with Gasteiger partial charge in [-0.15, -0.1) is 11.3 Å². The number of hydrogen-bond acceptors (Lipinski definition) is 7. The number of rotatable bonds is 8. The molecule has 0 bridgehead atoms. The Morgan fingerprint density at radius 3 is 2.88 bits per heavy atom. The molecule has 0 saturated heterocycles. The molecule has 0 aliphatic heterocycles. The molecule has 2 aromatic heterocycles. The summed E-state index contributed by atoms with van der Waals surface area (Å²) < 4.78 is 5.20. The summed E-state index contributed by atoms with van der Waals surface area (Å²) in [6.07, 6.45) is 4.11. The molecule has 1 aliphatic carbocycles. The maximum Gasteiger partial charge on any atom is 0.156 e. The molecule has 0 unspecified atom stereocenters. The van der Waals surface area contributed by atoms with Gasteiger partial charge in [0.1, 0.15) is 12.4 Å². The van der Waals surface area contributed by atoms with Crippen molar-refractivity contribution in [1.29, 1.82) is 0 Å². The van der Waals surface area contributed by atoms with E-state index in [0.717, 1.165) is 55.3 Å². The zero-order valence-electron chi connectivity index (χ0n) is 14.3. The second-order valence-corrected chi connectivity index (χ2v) is 7.29. The number of aromatic nitrogens is 3. The first-order valence-electron chi connectivity index (χ1n) is 8.41. The Hall–Kier alpha value is -1.57. The molecule has 0 spiro atoms. The van der Waals surface area contributed by atoms with Crippen molar-refractivity contribution >= 4 is 17.2 Å². The van der Waals surface area contributed by atoms with Crippen LogP contribution in [-0.4, -0.2) is 34.6 Å². The Kier molecular flexibility index (Phi) is 5.76. The van der Waals surface area contributed by atoms with Gasteiger partial charge in [0, 0.05) is 42.3 Å². The van der Waals surface area contributed by atoms with Gasteiger partial charge in [0.2, 0.25) is 0 Å². The summed E-state index contributed by atoms with van der Waals surface area (Å²) in [5.74, 6) is 2.07. The van der Waals surface area contributed by atoms with E-state index in [1.807, 2.05) is 5.51 Å². The van der Waals surface area contributed by atoms with Crippen LogP contribution in [0.4, 0.5) is 5.82 Å². The number of thiazole rings is 1. The van der Waals surface area contributed by atoms with E-state index in [2.05, 4.69) is 33.3 Å². The summed E-state index contributed by atoms with van der Waals surface area (Å²) in [5.41, 5.74) is 10.1. The molecular weight excluding hydrogens is 322 g/mol. The molecule has 1 saturated carbocycles. The number of methoxy groups -OCH3 is 1. The molecule has 2 heterocycles. The SMILES string of the molecule is COCc1nc(NCCCc2scnc2C)cc(C2CC(N)C2)n1. The maximum atomic E-state index is 5.91. The highest BCUT2D eigenvalue weighted by Gasteiger charge is 2.29. The predicted octanol–water partition coefficient (Wildman–Crippen LogP) is 2.64. The fraction of sp³-hybridized carbons (Fsp3) is 0.588. The lowest BCUT2D eigenvalue weighted by atomic mass is 9.78. The number of nitrogens with zero attached hydrogens (tertiary/aromatic N) is 3. The van der Waals surface area contributed by atoms with E-state index in [9.17, 15) is 0 Å². The van der Waals surface area contributed by atoms with Crippen molar-refractivity contribution in [1.82, 2.24) is 15.0 Å². The van der Waals surface area contributed by atoms with Gasteiger partial charge < -0.3 is 15.8 Å². The summed E-state index contributed by atoms with van der Waals surface area (Å²) in [4.78, 5) is 14.8. The molecule has 0 atom stereocenters. The van der Waals surface area contributed by atoms with E-state index in [0.29, 0.717) is 18.6 Å². The van der Waals surface area contributed by atoms with Gasteiger partial charge in [0.05, 0.1) is 11.2 Å². The van der Waals surface area contributed by atoms with Gasteiger partial charge in [0.25, 0.3) is 0 Å². The van der Waals surface area contributed by atoms with Gasteiger partial charge >= 0.3 is 0 Å². The smallest absolute Gasteiger partial charge is 0.156 e. The van der Waals surface area contributed by atoms with Crippen molar-refractivity contribution < 1.29 is 4.74 Å². The fourth-order valence-corrected chi connectivity index (χ4v) is 3.77. The van der Waals surface area contributed by atoms with E-state index in [1.165, 1.54) is 4.88 Å². The highest BCUT2D eigenvalue weighted by atomic mass is 32.1. The molecule has 0 aromatic carbocycles.